The molecule has 1 amide bonds. The number of nitrogens with zero attached hydrogens (tertiary/aromatic N) is 1. The Hall–Kier alpha value is -1.55. The van der Waals surface area contributed by atoms with Gasteiger partial charge in [0.2, 0.25) is 5.91 Å². The molecule has 0 unspecified atom stereocenters. The van der Waals surface area contributed by atoms with Crippen molar-refractivity contribution in [2.24, 2.45) is 16.7 Å². The van der Waals surface area contributed by atoms with Crippen LogP contribution in [0.2, 0.25) is 0 Å². The van der Waals surface area contributed by atoms with Gasteiger partial charge in [-0.2, -0.15) is 0 Å². The summed E-state index contributed by atoms with van der Waals surface area (Å²) < 4.78 is 0. The van der Waals surface area contributed by atoms with Crippen molar-refractivity contribution in [3.63, 3.8) is 0 Å². The summed E-state index contributed by atoms with van der Waals surface area (Å²) in [7, 11) is 2.09. The molecule has 4 nitrogen and oxygen atoms in total. The van der Waals surface area contributed by atoms with Crippen LogP contribution in [0, 0.1) is 16.7 Å². The predicted octanol–water partition coefficient (Wildman–Crippen LogP) is 3.74. The molecule has 4 atom stereocenters. The predicted molar refractivity (Wildman–Crippen MR) is 109 cm³/mol. The first-order valence-electron chi connectivity index (χ1n) is 10.6. The van der Waals surface area contributed by atoms with Gasteiger partial charge >= 0.3 is 0 Å². The highest BCUT2D eigenvalue weighted by Crippen LogP contribution is 2.67. The van der Waals surface area contributed by atoms with E-state index in [-0.39, 0.29) is 16.7 Å². The van der Waals surface area contributed by atoms with E-state index in [0.29, 0.717) is 18.9 Å². The van der Waals surface area contributed by atoms with Gasteiger partial charge in [-0.1, -0.05) is 31.5 Å². The molecule has 2 N–H and O–H groups in total. The molecule has 1 aromatic carbocycles. The molecule has 5 rings (SSSR count). The van der Waals surface area contributed by atoms with E-state index in [1.165, 1.54) is 12.1 Å². The van der Waals surface area contributed by atoms with Crippen LogP contribution in [0.3, 0.4) is 0 Å². The maximum atomic E-state index is 13.2. The van der Waals surface area contributed by atoms with Crippen LogP contribution in [0.1, 0.15) is 58.3 Å². The number of aliphatic hydroxyl groups is 1. The fourth-order valence-corrected chi connectivity index (χ4v) is 6.75. The fraction of sp³-hybridized carbons (Fsp3) is 0.696. The monoisotopic (exact) mass is 370 g/mol. The molecule has 27 heavy (non-hydrogen) atoms. The molecule has 4 aliphatic carbocycles. The third-order valence-electron chi connectivity index (χ3n) is 7.54. The topological polar surface area (TPSA) is 52.6 Å². The van der Waals surface area contributed by atoms with Crippen LogP contribution in [0.25, 0.3) is 0 Å². The Bertz CT molecular complexity index is 693. The van der Waals surface area contributed by atoms with Crippen molar-refractivity contribution in [1.82, 2.24) is 5.32 Å². The summed E-state index contributed by atoms with van der Waals surface area (Å²) >= 11 is 0. The molecule has 148 valence electrons. The Morgan fingerprint density at radius 3 is 2.67 bits per heavy atom. The van der Waals surface area contributed by atoms with Gasteiger partial charge in [0.1, 0.15) is 0 Å². The van der Waals surface area contributed by atoms with Crippen molar-refractivity contribution in [3.05, 3.63) is 30.3 Å². The van der Waals surface area contributed by atoms with Crippen molar-refractivity contribution >= 4 is 11.6 Å². The molecule has 1 aromatic rings. The van der Waals surface area contributed by atoms with E-state index < -0.39 is 5.60 Å². The van der Waals surface area contributed by atoms with E-state index in [9.17, 15) is 9.90 Å². The number of rotatable bonds is 7. The zero-order valence-corrected chi connectivity index (χ0v) is 16.8. The van der Waals surface area contributed by atoms with Crippen LogP contribution in [0.5, 0.6) is 0 Å². The number of benzene rings is 1. The first kappa shape index (κ1) is 18.8. The zero-order chi connectivity index (χ0) is 19.1. The quantitative estimate of drug-likeness (QED) is 0.719. The summed E-state index contributed by atoms with van der Waals surface area (Å²) in [4.78, 5) is 15.4. The van der Waals surface area contributed by atoms with E-state index in [1.807, 2.05) is 6.07 Å². The van der Waals surface area contributed by atoms with Gasteiger partial charge in [-0.05, 0) is 68.4 Å². The molecule has 4 heteroatoms. The van der Waals surface area contributed by atoms with E-state index >= 15 is 0 Å². The van der Waals surface area contributed by atoms with Crippen LogP contribution in [-0.4, -0.2) is 36.8 Å². The molecular formula is C23H34N2O2. The molecule has 0 aliphatic heterocycles. The molecule has 4 bridgehead atoms. The van der Waals surface area contributed by atoms with Crippen molar-refractivity contribution in [1.29, 1.82) is 0 Å². The average Bonchev–Trinajstić information content (AvgIpc) is 2.63. The minimum atomic E-state index is -0.597. The van der Waals surface area contributed by atoms with E-state index in [1.54, 1.807) is 0 Å². The standard InChI is InChI=1S/C23H34N2O2/c1-3-21-12-18-13-22(15-21,17-23(27,14-18)16-21)20(26)24-10-7-11-25(2)19-8-5-4-6-9-19/h4-6,8-9,18,27H,3,7,10-17H2,1-2H3,(H,24,26)/t18-,21+,22-,23-/m1/s1. The minimum absolute atomic E-state index is 0.193. The van der Waals surface area contributed by atoms with E-state index in [4.69, 9.17) is 0 Å². The van der Waals surface area contributed by atoms with Gasteiger partial charge in [0, 0.05) is 25.8 Å². The molecule has 0 aromatic heterocycles. The Morgan fingerprint density at radius 1 is 1.19 bits per heavy atom. The van der Waals surface area contributed by atoms with Crippen molar-refractivity contribution < 1.29 is 9.90 Å². The Morgan fingerprint density at radius 2 is 1.96 bits per heavy atom. The number of hydrogen-bond donors (Lipinski definition) is 2. The Labute approximate surface area is 163 Å². The second-order valence-electron chi connectivity index (χ2n) is 9.73. The molecule has 0 spiro atoms. The lowest BCUT2D eigenvalue weighted by Crippen LogP contribution is -2.63. The number of hydrogen-bond acceptors (Lipinski definition) is 3. The highest BCUT2D eigenvalue weighted by molar-refractivity contribution is 5.83. The van der Waals surface area contributed by atoms with Crippen molar-refractivity contribution in [2.45, 2.75) is 63.9 Å². The van der Waals surface area contributed by atoms with Crippen LogP contribution in [-0.2, 0) is 4.79 Å². The summed E-state index contributed by atoms with van der Waals surface area (Å²) in [5, 5.41) is 14.3. The summed E-state index contributed by atoms with van der Waals surface area (Å²) in [5.74, 6) is 0.728. The highest BCUT2D eigenvalue weighted by atomic mass is 16.3. The number of anilines is 1. The van der Waals surface area contributed by atoms with Crippen molar-refractivity contribution in [2.75, 3.05) is 25.0 Å². The van der Waals surface area contributed by atoms with Crippen LogP contribution in [0.15, 0.2) is 30.3 Å². The largest absolute Gasteiger partial charge is 0.390 e. The number of nitrogens with one attached hydrogen (secondary N) is 1. The highest BCUT2D eigenvalue weighted by Gasteiger charge is 2.64. The zero-order valence-electron chi connectivity index (χ0n) is 16.8. The van der Waals surface area contributed by atoms with Gasteiger partial charge in [-0.3, -0.25) is 4.79 Å². The lowest BCUT2D eigenvalue weighted by molar-refractivity contribution is -0.204. The second-order valence-corrected chi connectivity index (χ2v) is 9.73. The van der Waals surface area contributed by atoms with Gasteiger partial charge < -0.3 is 15.3 Å². The SMILES string of the molecule is CC[C@@]12C[C@H]3C[C@@](O)(C1)C[C@@](C(=O)NCCCN(C)c1ccccc1)(C3)C2. The van der Waals surface area contributed by atoms with Gasteiger partial charge in [0.15, 0.2) is 0 Å². The molecule has 0 radical (unpaired) electrons. The molecule has 0 saturated heterocycles. The molecule has 4 fully saturated rings. The maximum absolute atomic E-state index is 13.2. The summed E-state index contributed by atoms with van der Waals surface area (Å²) in [5.41, 5.74) is 0.478. The number of para-hydroxylation sites is 1. The van der Waals surface area contributed by atoms with Crippen molar-refractivity contribution in [3.8, 4) is 0 Å². The molecule has 4 saturated carbocycles. The summed E-state index contributed by atoms with van der Waals surface area (Å²) in [6.07, 6.45) is 7.67. The molecule has 4 aliphatic rings. The lowest BCUT2D eigenvalue weighted by Gasteiger charge is -2.64. The molecule has 0 heterocycles. The van der Waals surface area contributed by atoms with Crippen LogP contribution in [0.4, 0.5) is 5.69 Å². The smallest absolute Gasteiger partial charge is 0.226 e. The third-order valence-corrected chi connectivity index (χ3v) is 7.54. The van der Waals surface area contributed by atoms with Gasteiger partial charge in [-0.15, -0.1) is 0 Å². The number of carbonyl (C=O) groups excluding carboxylic acids is 1. The van der Waals surface area contributed by atoms with Gasteiger partial charge in [-0.25, -0.2) is 0 Å². The average molecular weight is 371 g/mol. The van der Waals surface area contributed by atoms with Gasteiger partial charge in [0.25, 0.3) is 0 Å². The minimum Gasteiger partial charge on any atom is -0.390 e. The number of amides is 1. The second kappa shape index (κ2) is 6.80. The third kappa shape index (κ3) is 3.49. The van der Waals surface area contributed by atoms with Crippen LogP contribution >= 0.6 is 0 Å². The lowest BCUT2D eigenvalue weighted by atomic mass is 9.42. The van der Waals surface area contributed by atoms with E-state index in [2.05, 4.69) is 48.5 Å². The normalized spacial score (nSPS) is 36.6. The Kier molecular flexibility index (Phi) is 4.74. The first-order chi connectivity index (χ1) is 12.9. The van der Waals surface area contributed by atoms with Gasteiger partial charge in [0.05, 0.1) is 11.0 Å². The summed E-state index contributed by atoms with van der Waals surface area (Å²) in [6.45, 7) is 3.87. The fourth-order valence-electron chi connectivity index (χ4n) is 6.75. The number of carbonyl (C=O) groups is 1. The first-order valence-corrected chi connectivity index (χ1v) is 10.6. The maximum Gasteiger partial charge on any atom is 0.226 e. The van der Waals surface area contributed by atoms with Crippen LogP contribution < -0.4 is 10.2 Å². The Balaban J connectivity index is 1.33. The summed E-state index contributed by atoms with van der Waals surface area (Å²) in [6, 6.07) is 10.3. The molecular weight excluding hydrogens is 336 g/mol. The van der Waals surface area contributed by atoms with E-state index in [0.717, 1.165) is 45.1 Å².